The Labute approximate surface area is 284 Å². The third-order valence-electron chi connectivity index (χ3n) is 9.26. The van der Waals surface area contributed by atoms with E-state index < -0.39 is 0 Å². The largest absolute Gasteiger partial charge is 0.496 e. The highest BCUT2D eigenvalue weighted by Gasteiger charge is 2.21. The van der Waals surface area contributed by atoms with E-state index in [-0.39, 0.29) is 0 Å². The molecule has 0 amide bonds. The Morgan fingerprint density at radius 3 is 0.833 bits per heavy atom. The number of rotatable bonds is 6. The smallest absolute Gasteiger partial charge is 0.125 e. The van der Waals surface area contributed by atoms with Gasteiger partial charge in [0.1, 0.15) is 28.7 Å². The Kier molecular flexibility index (Phi) is 10.1. The zero-order valence-electron chi connectivity index (χ0n) is 28.8. The Hall–Kier alpha value is -5.16. The number of fused-ring (bicyclic) bond motifs is 10. The Bertz CT molecular complexity index is 1820. The van der Waals surface area contributed by atoms with Crippen molar-refractivity contribution in [1.29, 1.82) is 0 Å². The van der Waals surface area contributed by atoms with E-state index in [1.807, 2.05) is 6.92 Å². The molecule has 5 heteroatoms. The van der Waals surface area contributed by atoms with Gasteiger partial charge in [0, 0.05) is 32.1 Å². The molecule has 1 aliphatic carbocycles. The van der Waals surface area contributed by atoms with Gasteiger partial charge in [-0.3, -0.25) is 0 Å². The lowest BCUT2D eigenvalue weighted by Gasteiger charge is -2.21. The summed E-state index contributed by atoms with van der Waals surface area (Å²) in [5.41, 5.74) is 12.1. The Morgan fingerprint density at radius 1 is 0.375 bits per heavy atom. The molecule has 0 aromatic heterocycles. The van der Waals surface area contributed by atoms with Gasteiger partial charge in [-0.2, -0.15) is 0 Å². The first-order valence-corrected chi connectivity index (χ1v) is 16.4. The number of methoxy groups -OCH3 is 5. The van der Waals surface area contributed by atoms with Gasteiger partial charge in [0.25, 0.3) is 0 Å². The molecular formula is C43H44O5. The summed E-state index contributed by atoms with van der Waals surface area (Å²) >= 11 is 0. The lowest BCUT2D eigenvalue weighted by molar-refractivity contribution is 0.395. The maximum absolute atomic E-state index is 6.19. The average Bonchev–Trinajstić information content (AvgIpc) is 3.09. The maximum atomic E-state index is 6.19. The monoisotopic (exact) mass is 640 g/mol. The second-order valence-corrected chi connectivity index (χ2v) is 12.2. The normalized spacial score (nSPS) is 12.7. The molecule has 10 bridgehead atoms. The molecule has 0 aliphatic heterocycles. The van der Waals surface area contributed by atoms with Gasteiger partial charge < -0.3 is 23.7 Å². The van der Waals surface area contributed by atoms with Crippen LogP contribution in [0.4, 0.5) is 0 Å². The molecule has 1 aliphatic rings. The standard InChI is InChI=1S/C43H44O5/c1-7-12-28-21-37-26-35-19-10-17-33(41(35)46-4)24-31-15-8-13-29(39(31)44-2)23-30-14-9-16-32(40(30)45-3)25-34-18-11-20-36(42(34)47-5)27-38(22-28)43(37)48-6/h7-22H,23-27H2,1-6H3/b12-7+. The molecule has 5 aromatic carbocycles. The molecular weight excluding hydrogens is 596 g/mol. The Balaban J connectivity index is 1.61. The van der Waals surface area contributed by atoms with Crippen molar-refractivity contribution in [3.63, 3.8) is 0 Å². The fourth-order valence-corrected chi connectivity index (χ4v) is 7.34. The highest BCUT2D eigenvalue weighted by Crippen LogP contribution is 2.39. The molecule has 0 saturated carbocycles. The molecule has 5 aromatic rings. The van der Waals surface area contributed by atoms with Gasteiger partial charge in [0.05, 0.1) is 35.5 Å². The van der Waals surface area contributed by atoms with Crippen molar-refractivity contribution in [3.8, 4) is 28.7 Å². The molecule has 246 valence electrons. The van der Waals surface area contributed by atoms with Gasteiger partial charge in [-0.15, -0.1) is 0 Å². The first kappa shape index (κ1) is 32.8. The van der Waals surface area contributed by atoms with Crippen molar-refractivity contribution >= 4 is 6.08 Å². The van der Waals surface area contributed by atoms with Gasteiger partial charge in [-0.1, -0.05) is 84.9 Å². The molecule has 6 rings (SSSR count). The average molecular weight is 641 g/mol. The van der Waals surface area contributed by atoms with Crippen molar-refractivity contribution in [2.75, 3.05) is 35.5 Å². The summed E-state index contributed by atoms with van der Waals surface area (Å²) in [7, 11) is 8.78. The summed E-state index contributed by atoms with van der Waals surface area (Å²) in [6, 6.07) is 30.1. The number of ether oxygens (including phenoxy) is 5. The predicted octanol–water partition coefficient (Wildman–Crippen LogP) is 9.03. The van der Waals surface area contributed by atoms with Crippen LogP contribution in [0.2, 0.25) is 0 Å². The fourth-order valence-electron chi connectivity index (χ4n) is 7.34. The van der Waals surface area contributed by atoms with Crippen LogP contribution in [-0.2, 0) is 32.1 Å². The summed E-state index contributed by atoms with van der Waals surface area (Å²) in [6.07, 6.45) is 7.53. The molecule has 0 saturated heterocycles. The van der Waals surface area contributed by atoms with Crippen LogP contribution in [0.25, 0.3) is 6.08 Å². The van der Waals surface area contributed by atoms with E-state index in [0.29, 0.717) is 32.1 Å². The van der Waals surface area contributed by atoms with Crippen LogP contribution in [0.3, 0.4) is 0 Å². The van der Waals surface area contributed by atoms with Gasteiger partial charge in [-0.25, -0.2) is 0 Å². The number of hydrogen-bond donors (Lipinski definition) is 0. The van der Waals surface area contributed by atoms with Crippen LogP contribution < -0.4 is 23.7 Å². The van der Waals surface area contributed by atoms with Gasteiger partial charge >= 0.3 is 0 Å². The third kappa shape index (κ3) is 6.50. The highest BCUT2D eigenvalue weighted by atomic mass is 16.5. The molecule has 0 spiro atoms. The number of hydrogen-bond acceptors (Lipinski definition) is 5. The van der Waals surface area contributed by atoms with E-state index in [0.717, 1.165) is 89.9 Å². The summed E-state index contributed by atoms with van der Waals surface area (Å²) in [4.78, 5) is 0. The van der Waals surface area contributed by atoms with Crippen molar-refractivity contribution in [1.82, 2.24) is 0 Å². The molecule has 5 nitrogen and oxygen atoms in total. The van der Waals surface area contributed by atoms with Crippen LogP contribution in [0, 0.1) is 0 Å². The van der Waals surface area contributed by atoms with Gasteiger partial charge in [0.15, 0.2) is 0 Å². The first-order chi connectivity index (χ1) is 23.5. The predicted molar refractivity (Wildman–Crippen MR) is 194 cm³/mol. The summed E-state index contributed by atoms with van der Waals surface area (Å²) < 4.78 is 30.7. The minimum atomic E-state index is 0.654. The van der Waals surface area contributed by atoms with Crippen LogP contribution >= 0.6 is 0 Å². The van der Waals surface area contributed by atoms with Crippen molar-refractivity contribution in [2.24, 2.45) is 0 Å². The van der Waals surface area contributed by atoms with E-state index in [1.165, 1.54) is 0 Å². The lowest BCUT2D eigenvalue weighted by Crippen LogP contribution is -2.06. The number of para-hydroxylation sites is 4. The van der Waals surface area contributed by atoms with E-state index in [2.05, 4.69) is 97.1 Å². The molecule has 0 N–H and O–H groups in total. The molecule has 0 atom stereocenters. The van der Waals surface area contributed by atoms with Crippen LogP contribution in [0.5, 0.6) is 28.7 Å². The minimum absolute atomic E-state index is 0.654. The minimum Gasteiger partial charge on any atom is -0.496 e. The molecule has 48 heavy (non-hydrogen) atoms. The molecule has 0 radical (unpaired) electrons. The molecule has 0 unspecified atom stereocenters. The molecule has 0 heterocycles. The van der Waals surface area contributed by atoms with Gasteiger partial charge in [-0.05, 0) is 80.3 Å². The summed E-state index contributed by atoms with van der Waals surface area (Å²) in [5.74, 6) is 4.39. The van der Waals surface area contributed by atoms with E-state index in [9.17, 15) is 0 Å². The van der Waals surface area contributed by atoms with Gasteiger partial charge in [0.2, 0.25) is 0 Å². The second-order valence-electron chi connectivity index (χ2n) is 12.2. The maximum Gasteiger partial charge on any atom is 0.125 e. The highest BCUT2D eigenvalue weighted by molar-refractivity contribution is 5.61. The first-order valence-electron chi connectivity index (χ1n) is 16.4. The number of allylic oxidation sites excluding steroid dienone is 1. The zero-order chi connectivity index (χ0) is 33.6. The molecule has 0 fully saturated rings. The number of benzene rings is 5. The van der Waals surface area contributed by atoms with Crippen molar-refractivity contribution in [2.45, 2.75) is 39.0 Å². The quantitative estimate of drug-likeness (QED) is 0.182. The summed E-state index contributed by atoms with van der Waals surface area (Å²) in [5, 5.41) is 0. The van der Waals surface area contributed by atoms with Crippen LogP contribution in [0.1, 0.15) is 68.1 Å². The van der Waals surface area contributed by atoms with E-state index in [1.54, 1.807) is 35.5 Å². The van der Waals surface area contributed by atoms with Crippen LogP contribution in [-0.4, -0.2) is 35.5 Å². The van der Waals surface area contributed by atoms with Crippen LogP contribution in [0.15, 0.2) is 91.0 Å². The summed E-state index contributed by atoms with van der Waals surface area (Å²) in [6.45, 7) is 2.05. The topological polar surface area (TPSA) is 46.2 Å². The van der Waals surface area contributed by atoms with E-state index >= 15 is 0 Å². The zero-order valence-corrected chi connectivity index (χ0v) is 28.8. The SMILES string of the molecule is C/C=C/c1cc2c(OC)c(c1)Cc1cccc(c1OC)Cc1cccc(c1OC)Cc1cccc(c1OC)Cc1cccc(c1OC)C2. The lowest BCUT2D eigenvalue weighted by atomic mass is 9.90. The third-order valence-corrected chi connectivity index (χ3v) is 9.26. The second kappa shape index (κ2) is 14.7. The fraction of sp³-hybridized carbons (Fsp3) is 0.256. The van der Waals surface area contributed by atoms with E-state index in [4.69, 9.17) is 23.7 Å². The Morgan fingerprint density at radius 2 is 0.604 bits per heavy atom. The van der Waals surface area contributed by atoms with Crippen molar-refractivity contribution < 1.29 is 23.7 Å². The van der Waals surface area contributed by atoms with Crippen molar-refractivity contribution in [3.05, 3.63) is 152 Å².